The molecular weight excluding hydrogens is 667 g/mol. The molecule has 0 atom stereocenters. The number of nitrogens with zero attached hydrogens (tertiary/aromatic N) is 3. The molecule has 0 bridgehead atoms. The van der Waals surface area contributed by atoms with Crippen LogP contribution in [-0.4, -0.2) is 24.4 Å². The Morgan fingerprint density at radius 1 is 0.600 bits per heavy atom. The molecule has 6 aromatic rings. The Bertz CT molecular complexity index is 2580. The van der Waals surface area contributed by atoms with Gasteiger partial charge in [-0.25, -0.2) is 0 Å². The molecule has 0 fully saturated rings. The van der Waals surface area contributed by atoms with Crippen LogP contribution in [0.25, 0.3) is 21.5 Å². The quantitative estimate of drug-likeness (QED) is 0.159. The molecule has 55 heavy (non-hydrogen) atoms. The summed E-state index contributed by atoms with van der Waals surface area (Å²) in [6.07, 6.45) is 11.6. The largest absolute Gasteiger partial charge is 0.347 e. The number of anilines is 3. The van der Waals surface area contributed by atoms with Gasteiger partial charge in [0, 0.05) is 46.6 Å². The molecule has 3 heteroatoms. The molecule has 2 heterocycles. The molecule has 2 aliphatic heterocycles. The van der Waals surface area contributed by atoms with E-state index in [1.54, 1.807) is 0 Å². The molecule has 0 amide bonds. The molecule has 1 aliphatic carbocycles. The van der Waals surface area contributed by atoms with Crippen molar-refractivity contribution >= 4 is 50.0 Å². The average molecular weight is 719 g/mol. The summed E-state index contributed by atoms with van der Waals surface area (Å²) < 4.78 is 2.43. The smallest absolute Gasteiger partial charge is 0.217 e. The van der Waals surface area contributed by atoms with Gasteiger partial charge in [-0.15, -0.1) is 0 Å². The molecule has 0 N–H and O–H groups in total. The maximum Gasteiger partial charge on any atom is 0.217 e. The van der Waals surface area contributed by atoms with E-state index < -0.39 is 0 Å². The van der Waals surface area contributed by atoms with Gasteiger partial charge in [-0.1, -0.05) is 137 Å². The number of hydrogen-bond acceptors (Lipinski definition) is 2. The van der Waals surface area contributed by atoms with Crippen molar-refractivity contribution in [3.63, 3.8) is 0 Å². The van der Waals surface area contributed by atoms with Crippen LogP contribution in [-0.2, 0) is 10.8 Å². The van der Waals surface area contributed by atoms with Crippen LogP contribution in [0.1, 0.15) is 59.1 Å². The highest BCUT2D eigenvalue weighted by atomic mass is 15.2. The Kier molecular flexibility index (Phi) is 9.00. The SMILES string of the molecule is C.CN1/C(=C\C=C2/CCC(/C=C/C3=[N+](C)c4c(ccc5ccccc45)C3(C)C)=C2N(c2ccccc2)c2ccccc2)C(C)(C)c2ccc3ccccc3c21. The Morgan fingerprint density at radius 2 is 1.16 bits per heavy atom. The summed E-state index contributed by atoms with van der Waals surface area (Å²) in [7, 11) is 4.48. The molecule has 0 unspecified atom stereocenters. The van der Waals surface area contributed by atoms with Crippen LogP contribution in [0.3, 0.4) is 0 Å². The normalized spacial score (nSPS) is 18.5. The summed E-state index contributed by atoms with van der Waals surface area (Å²) in [5.74, 6) is 0. The maximum atomic E-state index is 2.47. The predicted octanol–water partition coefficient (Wildman–Crippen LogP) is 13.3. The molecule has 0 saturated carbocycles. The zero-order valence-electron chi connectivity index (χ0n) is 32.3. The molecule has 3 nitrogen and oxygen atoms in total. The highest BCUT2D eigenvalue weighted by Gasteiger charge is 2.44. The second kappa shape index (κ2) is 13.7. The van der Waals surface area contributed by atoms with Crippen LogP contribution in [0, 0.1) is 0 Å². The minimum absolute atomic E-state index is 0. The van der Waals surface area contributed by atoms with E-state index in [4.69, 9.17) is 0 Å². The highest BCUT2D eigenvalue weighted by Crippen LogP contribution is 2.51. The zero-order chi connectivity index (χ0) is 37.2. The van der Waals surface area contributed by atoms with Crippen LogP contribution >= 0.6 is 0 Å². The highest BCUT2D eigenvalue weighted by molar-refractivity contribution is 6.07. The van der Waals surface area contributed by atoms with E-state index in [1.807, 2.05) is 0 Å². The number of rotatable bonds is 6. The summed E-state index contributed by atoms with van der Waals surface area (Å²) in [6.45, 7) is 9.47. The van der Waals surface area contributed by atoms with Crippen molar-refractivity contribution in [1.82, 2.24) is 0 Å². The summed E-state index contributed by atoms with van der Waals surface area (Å²) in [5.41, 5.74) is 14.0. The molecule has 0 saturated heterocycles. The van der Waals surface area contributed by atoms with Gasteiger partial charge in [0.05, 0.1) is 22.2 Å². The third-order valence-corrected chi connectivity index (χ3v) is 12.2. The second-order valence-corrected chi connectivity index (χ2v) is 16.1. The van der Waals surface area contributed by atoms with Gasteiger partial charge in [-0.05, 0) is 90.6 Å². The number of benzene rings is 6. The van der Waals surface area contributed by atoms with E-state index in [2.05, 4.69) is 214 Å². The van der Waals surface area contributed by atoms with Crippen LogP contribution in [0.4, 0.5) is 22.7 Å². The molecule has 0 radical (unpaired) electrons. The van der Waals surface area contributed by atoms with Gasteiger partial charge in [-0.2, -0.15) is 4.58 Å². The zero-order valence-corrected chi connectivity index (χ0v) is 32.3. The van der Waals surface area contributed by atoms with Gasteiger partial charge in [0.15, 0.2) is 5.71 Å². The standard InChI is InChI=1S/C51H48N3.CH4/c1-50(2)43-31-27-35-17-13-15-23-41(35)48(43)52(5)45(50)33-29-37-25-26-38(47(37)54(39-19-9-7-10-20-39)40-21-11-8-12-22-40)30-34-46-51(3,4)44-32-28-36-18-14-16-24-42(36)49(44)53(46)6;/h7-24,27-34H,25-26H2,1-6H3;1H4/q+1;. The van der Waals surface area contributed by atoms with Crippen molar-refractivity contribution in [2.45, 2.75) is 58.8 Å². The Hall–Kier alpha value is -5.93. The number of para-hydroxylation sites is 2. The maximum absolute atomic E-state index is 2.47. The number of allylic oxidation sites excluding steroid dienone is 7. The van der Waals surface area contributed by atoms with E-state index in [0.29, 0.717) is 0 Å². The van der Waals surface area contributed by atoms with Gasteiger partial charge in [-0.3, -0.25) is 0 Å². The van der Waals surface area contributed by atoms with Gasteiger partial charge in [0.2, 0.25) is 5.69 Å². The van der Waals surface area contributed by atoms with Gasteiger partial charge in [0.25, 0.3) is 0 Å². The first-order valence-electron chi connectivity index (χ1n) is 19.3. The minimum Gasteiger partial charge on any atom is -0.347 e. The fraction of sp³-hybridized carbons (Fsp3) is 0.212. The van der Waals surface area contributed by atoms with Crippen LogP contribution in [0.2, 0.25) is 0 Å². The van der Waals surface area contributed by atoms with E-state index in [-0.39, 0.29) is 18.3 Å². The molecule has 3 aliphatic rings. The van der Waals surface area contributed by atoms with E-state index in [0.717, 1.165) is 24.2 Å². The van der Waals surface area contributed by atoms with Crippen molar-refractivity contribution in [1.29, 1.82) is 0 Å². The van der Waals surface area contributed by atoms with Crippen molar-refractivity contribution in [3.8, 4) is 0 Å². The summed E-state index contributed by atoms with van der Waals surface area (Å²) >= 11 is 0. The molecule has 274 valence electrons. The Labute approximate surface area is 327 Å². The Balaban J connectivity index is 0.00000427. The lowest BCUT2D eigenvalue weighted by Gasteiger charge is -2.29. The third-order valence-electron chi connectivity index (χ3n) is 12.2. The summed E-state index contributed by atoms with van der Waals surface area (Å²) in [6, 6.07) is 48.5. The number of fused-ring (bicyclic) bond motifs is 6. The van der Waals surface area contributed by atoms with E-state index >= 15 is 0 Å². The van der Waals surface area contributed by atoms with Crippen LogP contribution < -0.4 is 9.80 Å². The molecule has 0 aromatic heterocycles. The fourth-order valence-electron chi connectivity index (χ4n) is 9.48. The van der Waals surface area contributed by atoms with Gasteiger partial charge in [0.1, 0.15) is 7.05 Å². The van der Waals surface area contributed by atoms with Crippen LogP contribution in [0.15, 0.2) is 180 Å². The van der Waals surface area contributed by atoms with E-state index in [9.17, 15) is 0 Å². The molecule has 9 rings (SSSR count). The van der Waals surface area contributed by atoms with Crippen molar-refractivity contribution in [3.05, 3.63) is 191 Å². The van der Waals surface area contributed by atoms with Crippen molar-refractivity contribution < 1.29 is 4.58 Å². The summed E-state index contributed by atoms with van der Waals surface area (Å²) in [5, 5.41) is 5.18. The second-order valence-electron chi connectivity index (χ2n) is 16.1. The lowest BCUT2D eigenvalue weighted by Crippen LogP contribution is -2.26. The number of hydrogen-bond donors (Lipinski definition) is 0. The lowest BCUT2D eigenvalue weighted by atomic mass is 9.80. The number of likely N-dealkylation sites (N-methyl/N-ethyl adjacent to an activating group) is 1. The molecule has 6 aromatic carbocycles. The minimum atomic E-state index is -0.136. The van der Waals surface area contributed by atoms with Crippen LogP contribution in [0.5, 0.6) is 0 Å². The third kappa shape index (κ3) is 5.76. The van der Waals surface area contributed by atoms with Gasteiger partial charge < -0.3 is 9.80 Å². The topological polar surface area (TPSA) is 9.49 Å². The van der Waals surface area contributed by atoms with Crippen molar-refractivity contribution in [2.75, 3.05) is 23.9 Å². The first kappa shape index (κ1) is 36.1. The Morgan fingerprint density at radius 3 is 1.82 bits per heavy atom. The summed E-state index contributed by atoms with van der Waals surface area (Å²) in [4.78, 5) is 4.90. The van der Waals surface area contributed by atoms with Crippen molar-refractivity contribution in [2.24, 2.45) is 0 Å². The first-order valence-corrected chi connectivity index (χ1v) is 19.3. The molecule has 0 spiro atoms. The fourth-order valence-corrected chi connectivity index (χ4v) is 9.48. The average Bonchev–Trinajstić information content (AvgIpc) is 3.74. The first-order chi connectivity index (χ1) is 26.2. The monoisotopic (exact) mass is 718 g/mol. The lowest BCUT2D eigenvalue weighted by molar-refractivity contribution is -0.399. The van der Waals surface area contributed by atoms with Gasteiger partial charge >= 0.3 is 0 Å². The molecular formula is C52H52N3+. The predicted molar refractivity (Wildman–Crippen MR) is 237 cm³/mol. The van der Waals surface area contributed by atoms with E-state index in [1.165, 1.54) is 72.3 Å².